The molecule has 0 saturated carbocycles. The summed E-state index contributed by atoms with van der Waals surface area (Å²) in [4.78, 5) is 24.7. The van der Waals surface area contributed by atoms with Crippen LogP contribution in [0, 0.1) is 5.92 Å². The quantitative estimate of drug-likeness (QED) is 0.768. The van der Waals surface area contributed by atoms with Crippen LogP contribution in [0.25, 0.3) is 0 Å². The lowest BCUT2D eigenvalue weighted by atomic mass is 9.99. The third-order valence-electron chi connectivity index (χ3n) is 3.17. The molecule has 18 heavy (non-hydrogen) atoms. The van der Waals surface area contributed by atoms with Crippen LogP contribution in [0.1, 0.15) is 26.7 Å². The number of carboxylic acids is 1. The highest BCUT2D eigenvalue weighted by molar-refractivity contribution is 5.86. The number of ether oxygens (including phenoxy) is 1. The van der Waals surface area contributed by atoms with Gasteiger partial charge in [0.2, 0.25) is 0 Å². The lowest BCUT2D eigenvalue weighted by Crippen LogP contribution is -2.58. The van der Waals surface area contributed by atoms with Crippen LogP contribution in [-0.2, 0) is 9.53 Å². The first-order valence-corrected chi connectivity index (χ1v) is 6.22. The van der Waals surface area contributed by atoms with Gasteiger partial charge < -0.3 is 20.1 Å². The largest absolute Gasteiger partial charge is 0.479 e. The van der Waals surface area contributed by atoms with Crippen LogP contribution in [-0.4, -0.2) is 54.4 Å². The fourth-order valence-corrected chi connectivity index (χ4v) is 1.74. The highest BCUT2D eigenvalue weighted by Crippen LogP contribution is 2.19. The number of carbonyl (C=O) groups excluding carboxylic acids is 1. The number of carbonyl (C=O) groups is 2. The van der Waals surface area contributed by atoms with Gasteiger partial charge in [0.15, 0.2) is 5.54 Å². The number of amides is 2. The Morgan fingerprint density at radius 2 is 2.17 bits per heavy atom. The predicted octanol–water partition coefficient (Wildman–Crippen LogP) is 0.918. The normalized spacial score (nSPS) is 23.1. The zero-order chi connectivity index (χ0) is 13.8. The average molecular weight is 258 g/mol. The van der Waals surface area contributed by atoms with Crippen molar-refractivity contribution >= 4 is 12.0 Å². The second-order valence-corrected chi connectivity index (χ2v) is 5.22. The molecular weight excluding hydrogens is 236 g/mol. The van der Waals surface area contributed by atoms with E-state index < -0.39 is 11.5 Å². The van der Waals surface area contributed by atoms with Gasteiger partial charge in [-0.15, -0.1) is 0 Å². The van der Waals surface area contributed by atoms with Crippen molar-refractivity contribution in [3.8, 4) is 0 Å². The molecule has 0 bridgehead atoms. The number of urea groups is 1. The fraction of sp³-hybridized carbons (Fsp3) is 0.833. The summed E-state index contributed by atoms with van der Waals surface area (Å²) in [5.41, 5.74) is -1.26. The van der Waals surface area contributed by atoms with E-state index in [1.54, 1.807) is 7.05 Å². The van der Waals surface area contributed by atoms with Gasteiger partial charge in [-0.05, 0) is 12.3 Å². The predicted molar refractivity (Wildman–Crippen MR) is 66.4 cm³/mol. The average Bonchev–Trinajstić information content (AvgIpc) is 2.75. The first kappa shape index (κ1) is 14.8. The van der Waals surface area contributed by atoms with Gasteiger partial charge in [0, 0.05) is 26.6 Å². The molecule has 0 spiro atoms. The van der Waals surface area contributed by atoms with E-state index in [1.165, 1.54) is 4.90 Å². The molecule has 1 fully saturated rings. The smallest absolute Gasteiger partial charge is 0.332 e. The van der Waals surface area contributed by atoms with E-state index >= 15 is 0 Å². The van der Waals surface area contributed by atoms with Crippen molar-refractivity contribution < 1.29 is 19.4 Å². The minimum Gasteiger partial charge on any atom is -0.479 e. The van der Waals surface area contributed by atoms with Crippen molar-refractivity contribution in [1.29, 1.82) is 0 Å². The second kappa shape index (κ2) is 6.04. The Morgan fingerprint density at radius 3 is 2.61 bits per heavy atom. The monoisotopic (exact) mass is 258 g/mol. The van der Waals surface area contributed by atoms with Crippen LogP contribution < -0.4 is 5.32 Å². The van der Waals surface area contributed by atoms with Crippen LogP contribution in [0.4, 0.5) is 4.79 Å². The topological polar surface area (TPSA) is 78.9 Å². The maximum absolute atomic E-state index is 11.9. The molecule has 2 amide bonds. The van der Waals surface area contributed by atoms with Crippen LogP contribution in [0.5, 0.6) is 0 Å². The number of aliphatic carboxylic acids is 1. The molecule has 1 rings (SSSR count). The van der Waals surface area contributed by atoms with Gasteiger partial charge in [0.1, 0.15) is 0 Å². The summed E-state index contributed by atoms with van der Waals surface area (Å²) in [6, 6.07) is -0.358. The van der Waals surface area contributed by atoms with Gasteiger partial charge in [-0.1, -0.05) is 13.8 Å². The summed E-state index contributed by atoms with van der Waals surface area (Å²) in [5, 5.41) is 11.8. The molecule has 1 unspecified atom stereocenters. The molecule has 1 saturated heterocycles. The lowest BCUT2D eigenvalue weighted by Gasteiger charge is -2.27. The molecule has 1 aliphatic heterocycles. The van der Waals surface area contributed by atoms with E-state index in [0.717, 1.165) is 6.42 Å². The first-order valence-electron chi connectivity index (χ1n) is 6.22. The van der Waals surface area contributed by atoms with E-state index in [4.69, 9.17) is 4.74 Å². The summed E-state index contributed by atoms with van der Waals surface area (Å²) >= 11 is 0. The third kappa shape index (κ3) is 3.60. The highest BCUT2D eigenvalue weighted by Gasteiger charge is 2.44. The van der Waals surface area contributed by atoms with Crippen molar-refractivity contribution in [2.75, 3.05) is 26.8 Å². The van der Waals surface area contributed by atoms with Crippen LogP contribution in [0.3, 0.4) is 0 Å². The van der Waals surface area contributed by atoms with Crippen molar-refractivity contribution in [2.45, 2.75) is 32.2 Å². The summed E-state index contributed by atoms with van der Waals surface area (Å²) in [6.07, 6.45) is 1.20. The van der Waals surface area contributed by atoms with E-state index in [9.17, 15) is 14.7 Å². The zero-order valence-electron chi connectivity index (χ0n) is 11.2. The lowest BCUT2D eigenvalue weighted by molar-refractivity contribution is -0.144. The van der Waals surface area contributed by atoms with Crippen LogP contribution in [0.2, 0.25) is 0 Å². The Bertz CT molecular complexity index is 311. The number of nitrogens with one attached hydrogen (secondary N) is 1. The van der Waals surface area contributed by atoms with E-state index in [0.29, 0.717) is 25.5 Å². The molecule has 0 radical (unpaired) electrons. The molecule has 2 N–H and O–H groups in total. The highest BCUT2D eigenvalue weighted by atomic mass is 16.5. The minimum absolute atomic E-state index is 0.0338. The van der Waals surface area contributed by atoms with Crippen LogP contribution >= 0.6 is 0 Å². The Kier molecular flexibility index (Phi) is 4.95. The van der Waals surface area contributed by atoms with E-state index in [-0.39, 0.29) is 12.6 Å². The standard InChI is InChI=1S/C12H22N2O4/c1-9(2)4-6-14(3)11(17)13-12(10(15)16)5-7-18-8-12/h9H,4-8H2,1-3H3,(H,13,17)(H,15,16). The molecule has 0 aromatic carbocycles. The van der Waals surface area contributed by atoms with Crippen molar-refractivity contribution in [3.63, 3.8) is 0 Å². The molecule has 104 valence electrons. The van der Waals surface area contributed by atoms with Gasteiger partial charge in [-0.25, -0.2) is 9.59 Å². The van der Waals surface area contributed by atoms with Crippen LogP contribution in [0.15, 0.2) is 0 Å². The summed E-state index contributed by atoms with van der Waals surface area (Å²) < 4.78 is 5.09. The van der Waals surface area contributed by atoms with Crippen molar-refractivity contribution in [2.24, 2.45) is 5.92 Å². The molecule has 1 atom stereocenters. The van der Waals surface area contributed by atoms with Crippen molar-refractivity contribution in [1.82, 2.24) is 10.2 Å². The van der Waals surface area contributed by atoms with Gasteiger partial charge in [0.05, 0.1) is 6.61 Å². The number of rotatable bonds is 5. The molecule has 0 aliphatic carbocycles. The second-order valence-electron chi connectivity index (χ2n) is 5.22. The fourth-order valence-electron chi connectivity index (χ4n) is 1.74. The Labute approximate surface area is 107 Å². The van der Waals surface area contributed by atoms with Gasteiger partial charge >= 0.3 is 12.0 Å². The SMILES string of the molecule is CC(C)CCN(C)C(=O)NC1(C(=O)O)CCOC1. The number of hydrogen-bond acceptors (Lipinski definition) is 3. The molecule has 0 aromatic heterocycles. The van der Waals surface area contributed by atoms with E-state index in [2.05, 4.69) is 19.2 Å². The zero-order valence-corrected chi connectivity index (χ0v) is 11.2. The molecule has 1 aliphatic rings. The maximum Gasteiger partial charge on any atom is 0.332 e. The first-order chi connectivity index (χ1) is 8.37. The number of carboxylic acid groups (broad SMARTS) is 1. The minimum atomic E-state index is -1.26. The Hall–Kier alpha value is -1.30. The number of nitrogens with zero attached hydrogens (tertiary/aromatic N) is 1. The van der Waals surface area contributed by atoms with Gasteiger partial charge in [-0.2, -0.15) is 0 Å². The molecule has 6 heteroatoms. The van der Waals surface area contributed by atoms with E-state index in [1.807, 2.05) is 0 Å². The number of hydrogen-bond donors (Lipinski definition) is 2. The summed E-state index contributed by atoms with van der Waals surface area (Å²) in [5.74, 6) is -0.533. The summed E-state index contributed by atoms with van der Waals surface area (Å²) in [7, 11) is 1.67. The molecule has 0 aromatic rings. The van der Waals surface area contributed by atoms with Gasteiger partial charge in [-0.3, -0.25) is 0 Å². The Morgan fingerprint density at radius 1 is 1.50 bits per heavy atom. The molecular formula is C12H22N2O4. The summed E-state index contributed by atoms with van der Waals surface area (Å²) in [6.45, 7) is 5.17. The van der Waals surface area contributed by atoms with Crippen molar-refractivity contribution in [3.05, 3.63) is 0 Å². The third-order valence-corrected chi connectivity index (χ3v) is 3.17. The maximum atomic E-state index is 11.9. The Balaban J connectivity index is 2.54. The molecule has 1 heterocycles. The molecule has 6 nitrogen and oxygen atoms in total. The van der Waals surface area contributed by atoms with Gasteiger partial charge in [0.25, 0.3) is 0 Å².